The maximum absolute atomic E-state index is 12.3. The maximum atomic E-state index is 12.3. The van der Waals surface area contributed by atoms with Crippen LogP contribution in [0.3, 0.4) is 0 Å². The predicted molar refractivity (Wildman–Crippen MR) is 77.3 cm³/mol. The van der Waals surface area contributed by atoms with Crippen LogP contribution in [0.4, 0.5) is 5.69 Å². The van der Waals surface area contributed by atoms with Crippen LogP contribution in [0.15, 0.2) is 41.0 Å². The molecular formula is C14H13ClN2O4. The van der Waals surface area contributed by atoms with Crippen molar-refractivity contribution in [2.45, 2.75) is 13.0 Å². The highest BCUT2D eigenvalue weighted by atomic mass is 35.5. The molecule has 2 aromatic rings. The van der Waals surface area contributed by atoms with E-state index in [1.165, 1.54) is 29.4 Å². The van der Waals surface area contributed by atoms with Gasteiger partial charge in [0, 0.05) is 19.2 Å². The quantitative estimate of drug-likeness (QED) is 0.637. The number of hydrogen-bond donors (Lipinski definition) is 0. The van der Waals surface area contributed by atoms with Gasteiger partial charge < -0.3 is 9.32 Å². The average molecular weight is 309 g/mol. The standard InChI is InChI=1S/C14H13ClN2O4/c1-9(10-4-3-5-11(8-10)17(19)20)16(2)14(18)12-6-7-21-13(12)15/h3-9H,1-2H3. The van der Waals surface area contributed by atoms with Gasteiger partial charge in [0.25, 0.3) is 11.6 Å². The molecule has 1 aromatic carbocycles. The van der Waals surface area contributed by atoms with Gasteiger partial charge >= 0.3 is 0 Å². The van der Waals surface area contributed by atoms with Crippen molar-refractivity contribution in [1.29, 1.82) is 0 Å². The van der Waals surface area contributed by atoms with E-state index in [1.807, 2.05) is 0 Å². The Morgan fingerprint density at radius 2 is 2.14 bits per heavy atom. The van der Waals surface area contributed by atoms with Crippen molar-refractivity contribution in [1.82, 2.24) is 4.90 Å². The Kier molecular flexibility index (Phi) is 4.28. The van der Waals surface area contributed by atoms with E-state index in [0.29, 0.717) is 5.56 Å². The van der Waals surface area contributed by atoms with Crippen LogP contribution in [0.1, 0.15) is 28.9 Å². The molecule has 0 aliphatic carbocycles. The molecule has 21 heavy (non-hydrogen) atoms. The molecule has 0 aliphatic heterocycles. The van der Waals surface area contributed by atoms with Gasteiger partial charge in [0.2, 0.25) is 5.22 Å². The Morgan fingerprint density at radius 1 is 1.43 bits per heavy atom. The molecule has 0 bridgehead atoms. The maximum Gasteiger partial charge on any atom is 0.269 e. The van der Waals surface area contributed by atoms with Crippen molar-refractivity contribution in [2.24, 2.45) is 0 Å². The van der Waals surface area contributed by atoms with Crippen LogP contribution < -0.4 is 0 Å². The fourth-order valence-corrected chi connectivity index (χ4v) is 2.13. The van der Waals surface area contributed by atoms with Gasteiger partial charge in [-0.1, -0.05) is 12.1 Å². The highest BCUT2D eigenvalue weighted by Crippen LogP contribution is 2.26. The van der Waals surface area contributed by atoms with E-state index in [9.17, 15) is 14.9 Å². The Balaban J connectivity index is 2.25. The number of amides is 1. The lowest BCUT2D eigenvalue weighted by molar-refractivity contribution is -0.384. The number of rotatable bonds is 4. The Bertz CT molecular complexity index is 683. The molecule has 1 aromatic heterocycles. The van der Waals surface area contributed by atoms with E-state index in [2.05, 4.69) is 0 Å². The minimum absolute atomic E-state index is 0.0125. The third-order valence-electron chi connectivity index (χ3n) is 3.31. The van der Waals surface area contributed by atoms with E-state index in [0.717, 1.165) is 0 Å². The lowest BCUT2D eigenvalue weighted by Crippen LogP contribution is -2.29. The zero-order valence-corrected chi connectivity index (χ0v) is 12.2. The predicted octanol–water partition coefficient (Wildman–Crippen LogP) is 3.67. The minimum Gasteiger partial charge on any atom is -0.452 e. The van der Waals surface area contributed by atoms with Gasteiger partial charge in [-0.25, -0.2) is 0 Å². The molecular weight excluding hydrogens is 296 g/mol. The summed E-state index contributed by atoms with van der Waals surface area (Å²) in [5.41, 5.74) is 0.914. The van der Waals surface area contributed by atoms with Crippen molar-refractivity contribution >= 4 is 23.2 Å². The molecule has 110 valence electrons. The molecule has 6 nitrogen and oxygen atoms in total. The summed E-state index contributed by atoms with van der Waals surface area (Å²) in [4.78, 5) is 24.1. The third kappa shape index (κ3) is 3.05. The topological polar surface area (TPSA) is 76.6 Å². The van der Waals surface area contributed by atoms with E-state index >= 15 is 0 Å². The minimum atomic E-state index is -0.467. The second kappa shape index (κ2) is 5.97. The number of non-ortho nitro benzene ring substituents is 1. The fraction of sp³-hybridized carbons (Fsp3) is 0.214. The number of carbonyl (C=O) groups excluding carboxylic acids is 1. The van der Waals surface area contributed by atoms with Gasteiger partial charge in [0.1, 0.15) is 0 Å². The number of nitrogens with zero attached hydrogens (tertiary/aromatic N) is 2. The highest BCUT2D eigenvalue weighted by Gasteiger charge is 2.23. The second-order valence-electron chi connectivity index (χ2n) is 4.55. The first-order valence-electron chi connectivity index (χ1n) is 6.16. The summed E-state index contributed by atoms with van der Waals surface area (Å²) in [6.07, 6.45) is 1.33. The number of benzene rings is 1. The molecule has 2 rings (SSSR count). The summed E-state index contributed by atoms with van der Waals surface area (Å²) in [6.45, 7) is 1.78. The van der Waals surface area contributed by atoms with Crippen molar-refractivity contribution in [3.05, 3.63) is 63.1 Å². The molecule has 0 N–H and O–H groups in total. The first-order valence-corrected chi connectivity index (χ1v) is 6.54. The second-order valence-corrected chi connectivity index (χ2v) is 4.90. The summed E-state index contributed by atoms with van der Waals surface area (Å²) in [7, 11) is 1.61. The molecule has 1 atom stereocenters. The number of carbonyl (C=O) groups is 1. The van der Waals surface area contributed by atoms with E-state index in [-0.39, 0.29) is 28.4 Å². The fourth-order valence-electron chi connectivity index (χ4n) is 1.93. The lowest BCUT2D eigenvalue weighted by Gasteiger charge is -2.24. The zero-order chi connectivity index (χ0) is 15.6. The van der Waals surface area contributed by atoms with Crippen molar-refractivity contribution in [3.8, 4) is 0 Å². The molecule has 0 spiro atoms. The molecule has 0 saturated carbocycles. The SMILES string of the molecule is CC(c1cccc([N+](=O)[O-])c1)N(C)C(=O)c1ccoc1Cl. The number of furan rings is 1. The van der Waals surface area contributed by atoms with Gasteiger partial charge in [-0.15, -0.1) is 0 Å². The summed E-state index contributed by atoms with van der Waals surface area (Å²) in [6, 6.07) is 7.33. The van der Waals surface area contributed by atoms with Crippen LogP contribution in [-0.2, 0) is 0 Å². The summed E-state index contributed by atoms with van der Waals surface area (Å²) in [5.74, 6) is -0.312. The largest absolute Gasteiger partial charge is 0.452 e. The van der Waals surface area contributed by atoms with E-state index in [1.54, 1.807) is 26.1 Å². The van der Waals surface area contributed by atoms with Gasteiger partial charge in [-0.3, -0.25) is 14.9 Å². The molecule has 1 unspecified atom stereocenters. The molecule has 1 amide bonds. The van der Waals surface area contributed by atoms with Crippen molar-refractivity contribution < 1.29 is 14.1 Å². The summed E-state index contributed by atoms with van der Waals surface area (Å²) < 4.78 is 4.90. The van der Waals surface area contributed by atoms with Crippen molar-refractivity contribution in [3.63, 3.8) is 0 Å². The average Bonchev–Trinajstić information content (AvgIpc) is 2.91. The van der Waals surface area contributed by atoms with Crippen LogP contribution >= 0.6 is 11.6 Å². The third-order valence-corrected chi connectivity index (χ3v) is 3.61. The Labute approximate surface area is 126 Å². The van der Waals surface area contributed by atoms with E-state index < -0.39 is 4.92 Å². The lowest BCUT2D eigenvalue weighted by atomic mass is 10.1. The van der Waals surface area contributed by atoms with Crippen LogP contribution in [0.2, 0.25) is 5.22 Å². The monoisotopic (exact) mass is 308 g/mol. The smallest absolute Gasteiger partial charge is 0.269 e. The Hall–Kier alpha value is -2.34. The molecule has 0 aliphatic rings. The molecule has 0 fully saturated rings. The number of hydrogen-bond acceptors (Lipinski definition) is 4. The summed E-state index contributed by atoms with van der Waals surface area (Å²) >= 11 is 5.79. The van der Waals surface area contributed by atoms with Gasteiger partial charge in [0.15, 0.2) is 0 Å². The van der Waals surface area contributed by atoms with Crippen LogP contribution in [0.25, 0.3) is 0 Å². The molecule has 7 heteroatoms. The first-order chi connectivity index (χ1) is 9.91. The van der Waals surface area contributed by atoms with Crippen LogP contribution in [0, 0.1) is 10.1 Å². The van der Waals surface area contributed by atoms with Crippen LogP contribution in [-0.4, -0.2) is 22.8 Å². The van der Waals surface area contributed by atoms with Crippen LogP contribution in [0.5, 0.6) is 0 Å². The molecule has 0 saturated heterocycles. The Morgan fingerprint density at radius 3 is 2.71 bits per heavy atom. The number of halogens is 1. The zero-order valence-electron chi connectivity index (χ0n) is 11.4. The number of nitro benzene ring substituents is 1. The first kappa shape index (κ1) is 15.1. The van der Waals surface area contributed by atoms with Gasteiger partial charge in [0.05, 0.1) is 22.8 Å². The number of nitro groups is 1. The van der Waals surface area contributed by atoms with Gasteiger partial charge in [-0.05, 0) is 30.2 Å². The van der Waals surface area contributed by atoms with Crippen molar-refractivity contribution in [2.75, 3.05) is 7.05 Å². The van der Waals surface area contributed by atoms with E-state index in [4.69, 9.17) is 16.0 Å². The summed E-state index contributed by atoms with van der Waals surface area (Å²) in [5, 5.41) is 10.8. The normalized spacial score (nSPS) is 12.0. The highest BCUT2D eigenvalue weighted by molar-refractivity contribution is 6.32. The van der Waals surface area contributed by atoms with Gasteiger partial charge in [-0.2, -0.15) is 0 Å². The molecule has 0 radical (unpaired) electrons. The molecule has 1 heterocycles.